The molecule has 2 heterocycles. The summed E-state index contributed by atoms with van der Waals surface area (Å²) in [5, 5.41) is 42.7. The highest BCUT2D eigenvalue weighted by molar-refractivity contribution is 6.02. The molecule has 7 atom stereocenters. The Balaban J connectivity index is 1.61. The number of rotatable bonds is 3. The molecule has 1 aromatic rings. The zero-order valence-corrected chi connectivity index (χ0v) is 22.0. The molecule has 4 N–H and O–H groups in total. The van der Waals surface area contributed by atoms with Crippen LogP contribution in [-0.2, 0) is 17.8 Å². The highest BCUT2D eigenvalue weighted by Crippen LogP contribution is 2.67. The maximum Gasteiger partial charge on any atom is 0.326 e. The lowest BCUT2D eigenvalue weighted by Crippen LogP contribution is -2.69. The molecule has 0 aromatic heterocycles. The summed E-state index contributed by atoms with van der Waals surface area (Å²) < 4.78 is 6.94. The van der Waals surface area contributed by atoms with Crippen molar-refractivity contribution in [2.75, 3.05) is 0 Å². The summed E-state index contributed by atoms with van der Waals surface area (Å²) in [5.74, 6) is -1.09. The smallest absolute Gasteiger partial charge is 0.326 e. The predicted octanol–water partition coefficient (Wildman–Crippen LogP) is 3.34. The number of nitrogens with zero attached hydrogens (tertiary/aromatic N) is 1. The number of phenols is 1. The summed E-state index contributed by atoms with van der Waals surface area (Å²) in [6.45, 7) is 12.0. The fourth-order valence-corrected chi connectivity index (χ4v) is 8.43. The number of carboxylic acids is 1. The number of amides is 1. The summed E-state index contributed by atoms with van der Waals surface area (Å²) in [4.78, 5) is 26.7. The van der Waals surface area contributed by atoms with E-state index in [1.54, 1.807) is 13.8 Å². The summed E-state index contributed by atoms with van der Waals surface area (Å²) in [6.07, 6.45) is 0.870. The Morgan fingerprint density at radius 3 is 2.44 bits per heavy atom. The zero-order valence-electron chi connectivity index (χ0n) is 22.0. The van der Waals surface area contributed by atoms with Crippen molar-refractivity contribution in [1.29, 1.82) is 0 Å². The van der Waals surface area contributed by atoms with Crippen LogP contribution < -0.4 is 4.74 Å². The maximum absolute atomic E-state index is 13.3. The van der Waals surface area contributed by atoms with Gasteiger partial charge in [-0.25, -0.2) is 4.79 Å². The Morgan fingerprint density at radius 2 is 1.83 bits per heavy atom. The molecule has 4 aliphatic rings. The summed E-state index contributed by atoms with van der Waals surface area (Å²) >= 11 is 0. The Labute approximate surface area is 212 Å². The van der Waals surface area contributed by atoms with Crippen LogP contribution in [0.3, 0.4) is 0 Å². The molecule has 2 aliphatic carbocycles. The van der Waals surface area contributed by atoms with Gasteiger partial charge in [0.15, 0.2) is 0 Å². The third-order valence-corrected chi connectivity index (χ3v) is 10.3. The molecule has 8 nitrogen and oxygen atoms in total. The van der Waals surface area contributed by atoms with Gasteiger partial charge in [0.05, 0.1) is 24.3 Å². The molecular weight excluding hydrogens is 462 g/mol. The van der Waals surface area contributed by atoms with Gasteiger partial charge in [-0.2, -0.15) is 0 Å². The molecule has 0 unspecified atom stereocenters. The molecule has 2 fully saturated rings. The highest BCUT2D eigenvalue weighted by Gasteiger charge is 2.69. The molecule has 2 aliphatic heterocycles. The number of aliphatic hydroxyl groups excluding tert-OH is 2. The van der Waals surface area contributed by atoms with Crippen LogP contribution in [0.2, 0.25) is 0 Å². The van der Waals surface area contributed by atoms with Crippen molar-refractivity contribution in [3.63, 3.8) is 0 Å². The van der Waals surface area contributed by atoms with E-state index in [2.05, 4.69) is 13.8 Å². The molecular formula is C28H39NO7. The van der Waals surface area contributed by atoms with E-state index in [1.807, 2.05) is 13.8 Å². The average molecular weight is 502 g/mol. The number of hydrogen-bond donors (Lipinski definition) is 4. The van der Waals surface area contributed by atoms with Crippen molar-refractivity contribution in [3.8, 4) is 11.5 Å². The zero-order chi connectivity index (χ0) is 26.5. The fourth-order valence-electron chi connectivity index (χ4n) is 8.43. The van der Waals surface area contributed by atoms with E-state index in [0.717, 1.165) is 12.8 Å². The summed E-state index contributed by atoms with van der Waals surface area (Å²) in [5.41, 5.74) is -0.184. The topological polar surface area (TPSA) is 128 Å². The lowest BCUT2D eigenvalue weighted by atomic mass is 9.43. The lowest BCUT2D eigenvalue weighted by molar-refractivity contribution is -0.240. The SMILES string of the molecule is CC(C)[C@@H](C(=O)O)N1Cc2c(cc(O)c3c2O[C@@]2(C3)[C@@H](C)CC[C@@H]3C(C)(C)[C@H](O)[C@H](O)C[C@@]32C)C1=O. The molecule has 0 bridgehead atoms. The van der Waals surface area contributed by atoms with Crippen molar-refractivity contribution in [1.82, 2.24) is 4.90 Å². The minimum Gasteiger partial charge on any atom is -0.508 e. The maximum atomic E-state index is 13.3. The van der Waals surface area contributed by atoms with Crippen LogP contribution in [0, 0.1) is 28.6 Å². The minimum absolute atomic E-state index is 0.0131. The number of ether oxygens (including phenoxy) is 1. The summed E-state index contributed by atoms with van der Waals surface area (Å²) in [7, 11) is 0. The van der Waals surface area contributed by atoms with E-state index >= 15 is 0 Å². The molecule has 1 aromatic carbocycles. The Bertz CT molecular complexity index is 1130. The third-order valence-electron chi connectivity index (χ3n) is 10.3. The number of phenolic OH excluding ortho intramolecular Hbond substituents is 1. The van der Waals surface area contributed by atoms with Crippen LogP contribution in [0.4, 0.5) is 0 Å². The number of fused-ring (bicyclic) bond motifs is 5. The monoisotopic (exact) mass is 501 g/mol. The van der Waals surface area contributed by atoms with Crippen molar-refractivity contribution in [2.45, 2.75) is 97.6 Å². The van der Waals surface area contributed by atoms with Gasteiger partial charge < -0.3 is 30.1 Å². The Kier molecular flexibility index (Phi) is 5.52. The summed E-state index contributed by atoms with van der Waals surface area (Å²) in [6, 6.07) is 0.485. The van der Waals surface area contributed by atoms with E-state index in [4.69, 9.17) is 4.74 Å². The van der Waals surface area contributed by atoms with Gasteiger partial charge in [-0.05, 0) is 48.5 Å². The van der Waals surface area contributed by atoms with Crippen molar-refractivity contribution in [2.24, 2.45) is 28.6 Å². The molecule has 5 rings (SSSR count). The van der Waals surface area contributed by atoms with Crippen LogP contribution >= 0.6 is 0 Å². The lowest BCUT2D eigenvalue weighted by Gasteiger charge is -2.64. The highest BCUT2D eigenvalue weighted by atomic mass is 16.5. The number of aliphatic hydroxyl groups is 2. The first-order chi connectivity index (χ1) is 16.7. The quantitative estimate of drug-likeness (QED) is 0.500. The van der Waals surface area contributed by atoms with Gasteiger partial charge in [0.1, 0.15) is 23.1 Å². The molecule has 36 heavy (non-hydrogen) atoms. The molecule has 1 spiro atoms. The number of carboxylic acid groups (broad SMARTS) is 1. The average Bonchev–Trinajstić information content (AvgIpc) is 3.32. The second-order valence-electron chi connectivity index (χ2n) is 12.8. The van der Waals surface area contributed by atoms with E-state index in [1.165, 1.54) is 11.0 Å². The number of aromatic hydroxyl groups is 1. The third kappa shape index (κ3) is 3.06. The van der Waals surface area contributed by atoms with E-state index < -0.39 is 46.6 Å². The van der Waals surface area contributed by atoms with Gasteiger partial charge in [0.25, 0.3) is 5.91 Å². The normalized spacial score (nSPS) is 37.5. The number of benzene rings is 1. The Morgan fingerprint density at radius 1 is 1.17 bits per heavy atom. The molecule has 2 saturated carbocycles. The van der Waals surface area contributed by atoms with Gasteiger partial charge in [-0.1, -0.05) is 41.5 Å². The van der Waals surface area contributed by atoms with Crippen LogP contribution in [0.5, 0.6) is 11.5 Å². The first kappa shape index (κ1) is 25.3. The fraction of sp³-hybridized carbons (Fsp3) is 0.714. The van der Waals surface area contributed by atoms with Gasteiger partial charge in [-0.15, -0.1) is 0 Å². The van der Waals surface area contributed by atoms with Crippen molar-refractivity contribution < 1.29 is 34.8 Å². The van der Waals surface area contributed by atoms with Crippen molar-refractivity contribution in [3.05, 3.63) is 22.8 Å². The molecule has 1 amide bonds. The second kappa shape index (κ2) is 7.84. The molecule has 8 heteroatoms. The molecule has 0 saturated heterocycles. The van der Waals surface area contributed by atoms with Crippen molar-refractivity contribution >= 4 is 11.9 Å². The van der Waals surface area contributed by atoms with Crippen LogP contribution in [-0.4, -0.2) is 61.1 Å². The van der Waals surface area contributed by atoms with E-state index in [9.17, 15) is 30.0 Å². The Hall–Kier alpha value is -2.32. The van der Waals surface area contributed by atoms with Crippen LogP contribution in [0.1, 0.15) is 82.3 Å². The largest absolute Gasteiger partial charge is 0.508 e. The van der Waals surface area contributed by atoms with Crippen LogP contribution in [0.15, 0.2) is 6.07 Å². The second-order valence-corrected chi connectivity index (χ2v) is 12.8. The van der Waals surface area contributed by atoms with E-state index in [0.29, 0.717) is 35.3 Å². The first-order valence-electron chi connectivity index (χ1n) is 13.1. The van der Waals surface area contributed by atoms with Gasteiger partial charge >= 0.3 is 5.97 Å². The minimum atomic E-state index is -1.06. The van der Waals surface area contributed by atoms with Gasteiger partial charge in [0, 0.05) is 23.0 Å². The predicted molar refractivity (Wildman–Crippen MR) is 132 cm³/mol. The van der Waals surface area contributed by atoms with Gasteiger partial charge in [-0.3, -0.25) is 4.79 Å². The molecule has 0 radical (unpaired) electrons. The number of aliphatic carboxylic acids is 1. The molecule has 198 valence electrons. The van der Waals surface area contributed by atoms with Gasteiger partial charge in [0.2, 0.25) is 0 Å². The number of hydrogen-bond acceptors (Lipinski definition) is 6. The number of carbonyl (C=O) groups excluding carboxylic acids is 1. The number of carbonyl (C=O) groups is 2. The first-order valence-corrected chi connectivity index (χ1v) is 13.1. The standard InChI is InChI=1S/C28H39NO7/c1-13(2)21(25(34)35)29-12-17-15(24(29)33)9-18(30)16-10-28(36-22(16)17)14(3)7-8-20-26(4,5)23(32)19(31)11-27(20,28)6/h9,13-14,19-21,23,30-32H,7-8,10-12H2,1-6H3,(H,34,35)/t14-,19+,20+,21-,23+,27-,28-/m0/s1. The van der Waals surface area contributed by atoms with Crippen LogP contribution in [0.25, 0.3) is 0 Å². The van der Waals surface area contributed by atoms with E-state index in [-0.39, 0.29) is 30.0 Å².